The number of rotatable bonds is 9. The Bertz CT molecular complexity index is 1620. The zero-order valence-electron chi connectivity index (χ0n) is 22.2. The number of carbonyl (C=O) groups is 2. The van der Waals surface area contributed by atoms with E-state index in [0.717, 1.165) is 10.2 Å². The van der Waals surface area contributed by atoms with Gasteiger partial charge in [0.1, 0.15) is 6.04 Å². The average molecular weight is 558 g/mol. The summed E-state index contributed by atoms with van der Waals surface area (Å²) in [5, 5.41) is 18.6. The van der Waals surface area contributed by atoms with Crippen molar-refractivity contribution in [2.45, 2.75) is 19.4 Å². The lowest BCUT2D eigenvalue weighted by molar-refractivity contribution is -0.123. The predicted molar refractivity (Wildman–Crippen MR) is 155 cm³/mol. The van der Waals surface area contributed by atoms with Crippen LogP contribution in [-0.2, 0) is 11.2 Å². The van der Waals surface area contributed by atoms with Crippen LogP contribution in [0.3, 0.4) is 0 Å². The van der Waals surface area contributed by atoms with Gasteiger partial charge in [-0.1, -0.05) is 41.9 Å². The molecular formula is C30H28ClN5O4. The largest absolute Gasteiger partial charge is 0.480 e. The lowest BCUT2D eigenvalue weighted by Crippen LogP contribution is -2.39. The van der Waals surface area contributed by atoms with Gasteiger partial charge in [-0.15, -0.1) is 5.10 Å². The second-order valence-electron chi connectivity index (χ2n) is 9.03. The third kappa shape index (κ3) is 6.27. The SMILES string of the molecule is CN/C=C1/C=C(NC(=O)C(Cc2ccccc2)n2nc(OC)c(-c3cc(Cl)ccc3C(C)=O)cc2=O)C=CC1=N. The van der Waals surface area contributed by atoms with E-state index in [4.69, 9.17) is 21.7 Å². The summed E-state index contributed by atoms with van der Waals surface area (Å²) < 4.78 is 6.62. The van der Waals surface area contributed by atoms with Gasteiger partial charge in [0.15, 0.2) is 5.78 Å². The van der Waals surface area contributed by atoms with E-state index in [2.05, 4.69) is 15.7 Å². The minimum absolute atomic E-state index is 0.0553. The van der Waals surface area contributed by atoms with Crippen molar-refractivity contribution in [3.8, 4) is 17.0 Å². The smallest absolute Gasteiger partial charge is 0.268 e. The monoisotopic (exact) mass is 557 g/mol. The summed E-state index contributed by atoms with van der Waals surface area (Å²) in [4.78, 5) is 39.5. The van der Waals surface area contributed by atoms with Crippen LogP contribution in [0.4, 0.5) is 0 Å². The number of carbonyl (C=O) groups excluding carboxylic acids is 2. The first-order valence-corrected chi connectivity index (χ1v) is 12.8. The van der Waals surface area contributed by atoms with E-state index in [0.29, 0.717) is 27.4 Å². The van der Waals surface area contributed by atoms with Crippen LogP contribution in [0.2, 0.25) is 5.02 Å². The highest BCUT2D eigenvalue weighted by atomic mass is 35.5. The highest BCUT2D eigenvalue weighted by Gasteiger charge is 2.27. The lowest BCUT2D eigenvalue weighted by atomic mass is 9.98. The molecule has 1 aliphatic rings. The van der Waals surface area contributed by atoms with Gasteiger partial charge in [0.25, 0.3) is 5.56 Å². The molecule has 0 radical (unpaired) electrons. The van der Waals surface area contributed by atoms with E-state index >= 15 is 0 Å². The maximum absolute atomic E-state index is 13.7. The second kappa shape index (κ2) is 12.4. The van der Waals surface area contributed by atoms with Gasteiger partial charge in [-0.3, -0.25) is 14.4 Å². The van der Waals surface area contributed by atoms with Crippen LogP contribution in [0.25, 0.3) is 11.1 Å². The predicted octanol–water partition coefficient (Wildman–Crippen LogP) is 4.25. The third-order valence-corrected chi connectivity index (χ3v) is 6.49. The summed E-state index contributed by atoms with van der Waals surface area (Å²) in [5.74, 6) is -0.638. The molecule has 0 saturated heterocycles. The summed E-state index contributed by atoms with van der Waals surface area (Å²) in [6.45, 7) is 1.42. The van der Waals surface area contributed by atoms with E-state index in [1.54, 1.807) is 49.7 Å². The Morgan fingerprint density at radius 2 is 1.88 bits per heavy atom. The molecule has 1 aromatic heterocycles. The Morgan fingerprint density at radius 3 is 2.55 bits per heavy atom. The number of amides is 1. The van der Waals surface area contributed by atoms with Crippen LogP contribution < -0.4 is 20.9 Å². The molecule has 3 N–H and O–H groups in total. The first-order valence-electron chi connectivity index (χ1n) is 12.4. The molecule has 0 aliphatic heterocycles. The summed E-state index contributed by atoms with van der Waals surface area (Å²) in [6, 6.07) is 14.3. The maximum Gasteiger partial charge on any atom is 0.268 e. The number of nitrogens with zero attached hydrogens (tertiary/aromatic N) is 2. The molecule has 9 nitrogen and oxygen atoms in total. The van der Waals surface area contributed by atoms with Gasteiger partial charge >= 0.3 is 0 Å². The Labute approximate surface area is 236 Å². The van der Waals surface area contributed by atoms with Crippen LogP contribution in [0.15, 0.2) is 95.1 Å². The van der Waals surface area contributed by atoms with Crippen molar-refractivity contribution < 1.29 is 14.3 Å². The number of Topliss-reactive ketones (excluding diaryl/α,β-unsaturated/α-hetero) is 1. The fourth-order valence-electron chi connectivity index (χ4n) is 4.33. The summed E-state index contributed by atoms with van der Waals surface area (Å²) in [7, 11) is 3.12. The molecule has 0 bridgehead atoms. The molecule has 204 valence electrons. The second-order valence-corrected chi connectivity index (χ2v) is 9.46. The molecule has 4 rings (SSSR count). The standard InChI is InChI=1S/C30H28ClN5O4/c1-18(37)23-11-9-21(31)15-24(23)25-16-28(38)36(35-30(25)40-3)27(13-19-7-5-4-6-8-19)29(39)34-22-10-12-26(32)20(14-22)17-33-2/h4-12,14-17,27,32-33H,13H2,1-3H3,(H,34,39)/b20-17-,32-26?. The molecule has 10 heteroatoms. The van der Waals surface area contributed by atoms with E-state index in [1.165, 1.54) is 20.1 Å². The fraction of sp³-hybridized carbons (Fsp3) is 0.167. The van der Waals surface area contributed by atoms with Crippen LogP contribution in [0.5, 0.6) is 5.88 Å². The highest BCUT2D eigenvalue weighted by molar-refractivity contribution is 6.31. The van der Waals surface area contributed by atoms with Crippen molar-refractivity contribution in [1.29, 1.82) is 5.41 Å². The van der Waals surface area contributed by atoms with Gasteiger partial charge in [-0.25, -0.2) is 4.68 Å². The topological polar surface area (TPSA) is 126 Å². The molecule has 3 aromatic rings. The Kier molecular flexibility index (Phi) is 8.76. The molecule has 2 aromatic carbocycles. The maximum atomic E-state index is 13.7. The van der Waals surface area contributed by atoms with Crippen LogP contribution in [0, 0.1) is 5.41 Å². The van der Waals surface area contributed by atoms with Crippen molar-refractivity contribution in [3.05, 3.63) is 117 Å². The molecule has 40 heavy (non-hydrogen) atoms. The first kappa shape index (κ1) is 28.3. The van der Waals surface area contributed by atoms with Crippen molar-refractivity contribution >= 4 is 29.0 Å². The minimum Gasteiger partial charge on any atom is -0.480 e. The van der Waals surface area contributed by atoms with E-state index in [1.807, 2.05) is 30.3 Å². The van der Waals surface area contributed by atoms with Gasteiger partial charge in [-0.2, -0.15) is 0 Å². The molecular weight excluding hydrogens is 530 g/mol. The van der Waals surface area contributed by atoms with Crippen LogP contribution in [-0.4, -0.2) is 41.3 Å². The zero-order valence-corrected chi connectivity index (χ0v) is 23.0. The van der Waals surface area contributed by atoms with Gasteiger partial charge in [0, 0.05) is 47.6 Å². The number of ether oxygens (including phenoxy) is 1. The number of nitrogens with one attached hydrogen (secondary N) is 3. The number of hydrogen-bond acceptors (Lipinski definition) is 7. The highest BCUT2D eigenvalue weighted by Crippen LogP contribution is 2.32. The molecule has 1 heterocycles. The van der Waals surface area contributed by atoms with Crippen molar-refractivity contribution in [2.24, 2.45) is 0 Å². The number of aromatic nitrogens is 2. The third-order valence-electron chi connectivity index (χ3n) is 6.26. The summed E-state index contributed by atoms with van der Waals surface area (Å²) in [5.41, 5.74) is 2.64. The fourth-order valence-corrected chi connectivity index (χ4v) is 4.51. The number of halogens is 1. The number of ketones is 1. The number of hydrogen-bond donors (Lipinski definition) is 3. The molecule has 1 unspecified atom stereocenters. The normalized spacial score (nSPS) is 14.4. The molecule has 0 fully saturated rings. The van der Waals surface area contributed by atoms with Crippen LogP contribution >= 0.6 is 11.6 Å². The molecule has 0 spiro atoms. The summed E-state index contributed by atoms with van der Waals surface area (Å²) in [6.07, 6.45) is 6.68. The Hall–Kier alpha value is -4.76. The van der Waals surface area contributed by atoms with E-state index in [9.17, 15) is 14.4 Å². The summed E-state index contributed by atoms with van der Waals surface area (Å²) >= 11 is 6.21. The molecule has 1 atom stereocenters. The molecule has 1 amide bonds. The molecule has 0 saturated carbocycles. The zero-order chi connectivity index (χ0) is 28.8. The minimum atomic E-state index is -1.04. The number of methoxy groups -OCH3 is 1. The van der Waals surface area contributed by atoms with Gasteiger partial charge in [0.05, 0.1) is 18.4 Å². The lowest BCUT2D eigenvalue weighted by Gasteiger charge is -2.21. The van der Waals surface area contributed by atoms with Gasteiger partial charge < -0.3 is 20.8 Å². The number of allylic oxidation sites excluding steroid dienone is 4. The van der Waals surface area contributed by atoms with Crippen LogP contribution in [0.1, 0.15) is 28.9 Å². The van der Waals surface area contributed by atoms with Crippen molar-refractivity contribution in [3.63, 3.8) is 0 Å². The molecule has 1 aliphatic carbocycles. The first-order chi connectivity index (χ1) is 19.2. The quantitative estimate of drug-likeness (QED) is 0.338. The van der Waals surface area contributed by atoms with Gasteiger partial charge in [0.2, 0.25) is 11.8 Å². The van der Waals surface area contributed by atoms with E-state index < -0.39 is 17.5 Å². The van der Waals surface area contributed by atoms with Gasteiger partial charge in [-0.05, 0) is 54.5 Å². The van der Waals surface area contributed by atoms with E-state index in [-0.39, 0.29) is 29.4 Å². The average Bonchev–Trinajstić information content (AvgIpc) is 2.94. The number of benzene rings is 2. The Morgan fingerprint density at radius 1 is 1.12 bits per heavy atom. The van der Waals surface area contributed by atoms with Crippen molar-refractivity contribution in [1.82, 2.24) is 20.4 Å². The Balaban J connectivity index is 1.80. The van der Waals surface area contributed by atoms with Crippen molar-refractivity contribution in [2.75, 3.05) is 14.2 Å².